The van der Waals surface area contributed by atoms with Gasteiger partial charge in [-0.15, -0.1) is 0 Å². The van der Waals surface area contributed by atoms with Crippen molar-refractivity contribution >= 4 is 5.82 Å². The van der Waals surface area contributed by atoms with E-state index < -0.39 is 5.95 Å². The van der Waals surface area contributed by atoms with Gasteiger partial charge in [0.15, 0.2) is 0 Å². The molecule has 94 valence electrons. The first-order chi connectivity index (χ1) is 8.56. The van der Waals surface area contributed by atoms with E-state index in [-0.39, 0.29) is 17.5 Å². The van der Waals surface area contributed by atoms with Gasteiger partial charge in [-0.05, 0) is 31.2 Å². The maximum atomic E-state index is 12.9. The van der Waals surface area contributed by atoms with Crippen LogP contribution in [0.15, 0.2) is 36.4 Å². The van der Waals surface area contributed by atoms with Gasteiger partial charge in [0.25, 0.3) is 0 Å². The van der Waals surface area contributed by atoms with Crippen molar-refractivity contribution < 1.29 is 14.6 Å². The molecule has 1 atom stereocenters. The zero-order valence-corrected chi connectivity index (χ0v) is 9.76. The number of halogens is 1. The number of phenols is 2. The van der Waals surface area contributed by atoms with Crippen LogP contribution in [0.3, 0.4) is 0 Å². The number of pyridine rings is 1. The number of hydrogen-bond acceptors (Lipinski definition) is 4. The van der Waals surface area contributed by atoms with Crippen molar-refractivity contribution in [3.05, 3.63) is 47.9 Å². The molecule has 0 saturated carbocycles. The Hall–Kier alpha value is -2.30. The Morgan fingerprint density at radius 1 is 1.22 bits per heavy atom. The van der Waals surface area contributed by atoms with Crippen LogP contribution in [0.25, 0.3) is 0 Å². The van der Waals surface area contributed by atoms with E-state index in [1.165, 1.54) is 18.2 Å². The van der Waals surface area contributed by atoms with Crippen molar-refractivity contribution in [1.82, 2.24) is 4.98 Å². The molecule has 0 fully saturated rings. The quantitative estimate of drug-likeness (QED) is 0.731. The largest absolute Gasteiger partial charge is 0.508 e. The molecule has 0 amide bonds. The molecule has 4 nitrogen and oxygen atoms in total. The summed E-state index contributed by atoms with van der Waals surface area (Å²) in [5.41, 5.74) is 0.596. The van der Waals surface area contributed by atoms with Crippen LogP contribution < -0.4 is 5.32 Å². The van der Waals surface area contributed by atoms with Crippen molar-refractivity contribution in [2.75, 3.05) is 5.32 Å². The number of hydrogen-bond donors (Lipinski definition) is 3. The first-order valence-corrected chi connectivity index (χ1v) is 5.47. The summed E-state index contributed by atoms with van der Waals surface area (Å²) in [6, 6.07) is 8.51. The molecule has 1 heterocycles. The fourth-order valence-electron chi connectivity index (χ4n) is 1.69. The highest BCUT2D eigenvalue weighted by Crippen LogP contribution is 2.29. The molecule has 5 heteroatoms. The second kappa shape index (κ2) is 4.91. The highest BCUT2D eigenvalue weighted by atomic mass is 19.1. The highest BCUT2D eigenvalue weighted by Gasteiger charge is 2.11. The van der Waals surface area contributed by atoms with Crippen molar-refractivity contribution in [3.8, 4) is 11.5 Å². The van der Waals surface area contributed by atoms with Crippen LogP contribution in [0, 0.1) is 5.95 Å². The van der Waals surface area contributed by atoms with Gasteiger partial charge in [-0.1, -0.05) is 6.07 Å². The summed E-state index contributed by atoms with van der Waals surface area (Å²) in [7, 11) is 0. The van der Waals surface area contributed by atoms with E-state index in [0.29, 0.717) is 11.4 Å². The molecular formula is C13H13FN2O2. The Balaban J connectivity index is 2.19. The van der Waals surface area contributed by atoms with Gasteiger partial charge in [0.1, 0.15) is 17.3 Å². The van der Waals surface area contributed by atoms with E-state index in [9.17, 15) is 14.6 Å². The molecule has 0 saturated heterocycles. The Labute approximate surface area is 104 Å². The van der Waals surface area contributed by atoms with Crippen molar-refractivity contribution in [1.29, 1.82) is 0 Å². The van der Waals surface area contributed by atoms with Gasteiger partial charge in [-0.25, -0.2) is 4.98 Å². The summed E-state index contributed by atoms with van der Waals surface area (Å²) in [4.78, 5) is 3.68. The number of anilines is 1. The summed E-state index contributed by atoms with van der Waals surface area (Å²) < 4.78 is 12.9. The fourth-order valence-corrected chi connectivity index (χ4v) is 1.69. The zero-order valence-electron chi connectivity index (χ0n) is 9.76. The van der Waals surface area contributed by atoms with Crippen molar-refractivity contribution in [3.63, 3.8) is 0 Å². The normalized spacial score (nSPS) is 12.1. The number of aromatic hydroxyl groups is 2. The minimum absolute atomic E-state index is 0.00710. The third kappa shape index (κ3) is 2.68. The molecule has 1 aromatic carbocycles. The van der Waals surface area contributed by atoms with Crippen molar-refractivity contribution in [2.45, 2.75) is 13.0 Å². The first-order valence-electron chi connectivity index (χ1n) is 5.47. The molecule has 1 aromatic heterocycles. The lowest BCUT2D eigenvalue weighted by Crippen LogP contribution is -2.08. The average molecular weight is 248 g/mol. The predicted octanol–water partition coefficient (Wildman–Crippen LogP) is 2.81. The first kappa shape index (κ1) is 12.2. The molecule has 1 unspecified atom stereocenters. The van der Waals surface area contributed by atoms with E-state index in [2.05, 4.69) is 10.3 Å². The smallest absolute Gasteiger partial charge is 0.214 e. The van der Waals surface area contributed by atoms with Gasteiger partial charge in [-0.3, -0.25) is 0 Å². The summed E-state index contributed by atoms with van der Waals surface area (Å²) >= 11 is 0. The van der Waals surface area contributed by atoms with E-state index in [0.717, 1.165) is 0 Å². The minimum Gasteiger partial charge on any atom is -0.508 e. The lowest BCUT2D eigenvalue weighted by molar-refractivity contribution is 0.444. The Bertz CT molecular complexity index is 560. The minimum atomic E-state index is -0.567. The maximum absolute atomic E-state index is 12.9. The molecule has 2 aromatic rings. The molecule has 0 spiro atoms. The van der Waals surface area contributed by atoms with E-state index in [1.54, 1.807) is 25.1 Å². The SMILES string of the molecule is CC(Nc1cccc(F)n1)c1ccc(O)cc1O. The molecule has 0 aliphatic carbocycles. The predicted molar refractivity (Wildman–Crippen MR) is 66.0 cm³/mol. The lowest BCUT2D eigenvalue weighted by atomic mass is 10.1. The van der Waals surface area contributed by atoms with Gasteiger partial charge in [0, 0.05) is 11.6 Å². The molecule has 2 rings (SSSR count). The second-order valence-corrected chi connectivity index (χ2v) is 3.95. The third-order valence-corrected chi connectivity index (χ3v) is 2.56. The number of nitrogens with zero attached hydrogens (tertiary/aromatic N) is 1. The molecule has 3 N–H and O–H groups in total. The third-order valence-electron chi connectivity index (χ3n) is 2.56. The second-order valence-electron chi connectivity index (χ2n) is 3.95. The monoisotopic (exact) mass is 248 g/mol. The Morgan fingerprint density at radius 2 is 2.00 bits per heavy atom. The highest BCUT2D eigenvalue weighted by molar-refractivity contribution is 5.45. The molecule has 0 aliphatic heterocycles. The number of rotatable bonds is 3. The number of nitrogens with one attached hydrogen (secondary N) is 1. The summed E-state index contributed by atoms with van der Waals surface area (Å²) in [5.74, 6) is -0.212. The van der Waals surface area contributed by atoms with E-state index in [1.807, 2.05) is 0 Å². The Morgan fingerprint density at radius 3 is 2.67 bits per heavy atom. The zero-order chi connectivity index (χ0) is 13.1. The van der Waals surface area contributed by atoms with Crippen LogP contribution in [0.5, 0.6) is 11.5 Å². The molecule has 0 bridgehead atoms. The number of phenolic OH excluding ortho intramolecular Hbond substituents is 2. The van der Waals surface area contributed by atoms with Gasteiger partial charge in [-0.2, -0.15) is 4.39 Å². The van der Waals surface area contributed by atoms with Gasteiger partial charge in [0.2, 0.25) is 5.95 Å². The summed E-state index contributed by atoms with van der Waals surface area (Å²) in [5, 5.41) is 21.9. The van der Waals surface area contributed by atoms with E-state index >= 15 is 0 Å². The molecular weight excluding hydrogens is 235 g/mol. The van der Waals surface area contributed by atoms with Gasteiger partial charge < -0.3 is 15.5 Å². The van der Waals surface area contributed by atoms with Gasteiger partial charge in [0.05, 0.1) is 6.04 Å². The van der Waals surface area contributed by atoms with Crippen LogP contribution in [0.2, 0.25) is 0 Å². The average Bonchev–Trinajstić information content (AvgIpc) is 2.28. The van der Waals surface area contributed by atoms with E-state index in [4.69, 9.17) is 0 Å². The van der Waals surface area contributed by atoms with Crippen LogP contribution in [0.4, 0.5) is 10.2 Å². The van der Waals surface area contributed by atoms with Crippen LogP contribution in [-0.4, -0.2) is 15.2 Å². The maximum Gasteiger partial charge on any atom is 0.214 e. The summed E-state index contributed by atoms with van der Waals surface area (Å²) in [6.45, 7) is 1.80. The standard InChI is InChI=1S/C13H13FN2O2/c1-8(10-6-5-9(17)7-11(10)18)15-13-4-2-3-12(14)16-13/h2-8,17-18H,1H3,(H,15,16). The molecule has 18 heavy (non-hydrogen) atoms. The lowest BCUT2D eigenvalue weighted by Gasteiger charge is -2.16. The number of aromatic nitrogens is 1. The van der Waals surface area contributed by atoms with Gasteiger partial charge >= 0.3 is 0 Å². The number of benzene rings is 1. The summed E-state index contributed by atoms with van der Waals surface area (Å²) in [6.07, 6.45) is 0. The van der Waals surface area contributed by atoms with Crippen LogP contribution in [-0.2, 0) is 0 Å². The molecule has 0 radical (unpaired) electrons. The Kier molecular flexibility index (Phi) is 3.32. The topological polar surface area (TPSA) is 65.4 Å². The van der Waals surface area contributed by atoms with Crippen LogP contribution >= 0.6 is 0 Å². The fraction of sp³-hybridized carbons (Fsp3) is 0.154. The van der Waals surface area contributed by atoms with Crippen molar-refractivity contribution in [2.24, 2.45) is 0 Å². The van der Waals surface area contributed by atoms with Crippen LogP contribution in [0.1, 0.15) is 18.5 Å². The molecule has 0 aliphatic rings.